The molecule has 1 aliphatic carbocycles. The van der Waals surface area contributed by atoms with Gasteiger partial charge in [0.2, 0.25) is 0 Å². The van der Waals surface area contributed by atoms with E-state index in [9.17, 15) is 0 Å². The van der Waals surface area contributed by atoms with Gasteiger partial charge < -0.3 is 4.42 Å². The summed E-state index contributed by atoms with van der Waals surface area (Å²) in [5, 5.41) is 4.60. The molecule has 0 spiro atoms. The smallest absolute Gasteiger partial charge is 0.143 e. The van der Waals surface area contributed by atoms with Crippen molar-refractivity contribution in [1.29, 1.82) is 0 Å². The van der Waals surface area contributed by atoms with Crippen LogP contribution < -0.4 is 0 Å². The first-order valence-electron chi connectivity index (χ1n) is 15.5. The van der Waals surface area contributed by atoms with Gasteiger partial charge in [-0.2, -0.15) is 0 Å². The minimum Gasteiger partial charge on any atom is -0.455 e. The van der Waals surface area contributed by atoms with Crippen molar-refractivity contribution in [3.05, 3.63) is 163 Å². The van der Waals surface area contributed by atoms with E-state index >= 15 is 0 Å². The number of aliphatic imine (C=N–C) groups is 1. The summed E-state index contributed by atoms with van der Waals surface area (Å²) in [5.41, 5.74) is 12.9. The van der Waals surface area contributed by atoms with Crippen LogP contribution in [0.2, 0.25) is 0 Å². The zero-order valence-corrected chi connectivity index (χ0v) is 24.7. The highest BCUT2D eigenvalue weighted by Crippen LogP contribution is 2.41. The molecule has 9 rings (SSSR count). The topological polar surface area (TPSA) is 25.5 Å². The minimum atomic E-state index is 0.0737. The molecule has 2 aliphatic rings. The predicted molar refractivity (Wildman–Crippen MR) is 190 cm³/mol. The summed E-state index contributed by atoms with van der Waals surface area (Å²) < 4.78 is 6.58. The van der Waals surface area contributed by atoms with Gasteiger partial charge >= 0.3 is 0 Å². The van der Waals surface area contributed by atoms with Crippen molar-refractivity contribution in [2.24, 2.45) is 4.99 Å². The summed E-state index contributed by atoms with van der Waals surface area (Å²) in [7, 11) is 0. The summed E-state index contributed by atoms with van der Waals surface area (Å²) in [6, 6.07) is 44.0. The lowest BCUT2D eigenvalue weighted by molar-refractivity contribution is 0.673. The van der Waals surface area contributed by atoms with Crippen LogP contribution in [0.15, 0.2) is 161 Å². The number of furan rings is 1. The normalized spacial score (nSPS) is 15.6. The van der Waals surface area contributed by atoms with Crippen LogP contribution in [0.3, 0.4) is 0 Å². The van der Waals surface area contributed by atoms with Crippen LogP contribution in [-0.4, -0.2) is 6.21 Å². The van der Waals surface area contributed by atoms with Crippen molar-refractivity contribution in [3.63, 3.8) is 0 Å². The molecule has 1 aromatic heterocycles. The van der Waals surface area contributed by atoms with E-state index in [4.69, 9.17) is 4.42 Å². The van der Waals surface area contributed by atoms with Gasteiger partial charge in [-0.05, 0) is 104 Å². The van der Waals surface area contributed by atoms with Gasteiger partial charge in [-0.15, -0.1) is 0 Å². The van der Waals surface area contributed by atoms with Crippen LogP contribution >= 0.6 is 0 Å². The monoisotopic (exact) mass is 575 g/mol. The van der Waals surface area contributed by atoms with Gasteiger partial charge in [0.05, 0.1) is 6.04 Å². The molecular formula is C43H29NO. The first-order chi connectivity index (χ1) is 22.3. The molecule has 1 unspecified atom stereocenters. The Balaban J connectivity index is 1.15. The number of rotatable bonds is 5. The van der Waals surface area contributed by atoms with Gasteiger partial charge in [-0.3, -0.25) is 4.99 Å². The first-order valence-corrected chi connectivity index (χ1v) is 15.5. The molecule has 1 atom stereocenters. The van der Waals surface area contributed by atoms with Crippen molar-refractivity contribution < 1.29 is 4.42 Å². The highest BCUT2D eigenvalue weighted by atomic mass is 16.3. The molecule has 6 aromatic carbocycles. The second-order valence-electron chi connectivity index (χ2n) is 11.9. The van der Waals surface area contributed by atoms with Gasteiger partial charge in [0.1, 0.15) is 11.2 Å². The molecule has 212 valence electrons. The van der Waals surface area contributed by atoms with Crippen molar-refractivity contribution >= 4 is 44.5 Å². The van der Waals surface area contributed by atoms with E-state index in [1.807, 2.05) is 18.4 Å². The van der Waals surface area contributed by atoms with Crippen LogP contribution in [0.4, 0.5) is 0 Å². The fraction of sp³-hybridized carbons (Fsp3) is 0.0465. The van der Waals surface area contributed by atoms with Gasteiger partial charge in [0, 0.05) is 22.4 Å². The average molecular weight is 576 g/mol. The molecule has 2 nitrogen and oxygen atoms in total. The van der Waals surface area contributed by atoms with Crippen LogP contribution in [0.25, 0.3) is 71.7 Å². The van der Waals surface area contributed by atoms with Crippen LogP contribution in [-0.2, 0) is 0 Å². The SMILES string of the molecule is C1=CCC(c2cc(-c3ccc(-c4cc5c6ccc(-c7ccccc7)cc6oc5c5ccccc45)cc3)cc(C3C=CC=N3)c2)=C1. The molecule has 0 saturated carbocycles. The second kappa shape index (κ2) is 10.5. The van der Waals surface area contributed by atoms with Crippen LogP contribution in [0, 0.1) is 0 Å². The lowest BCUT2D eigenvalue weighted by Gasteiger charge is -2.14. The van der Waals surface area contributed by atoms with Crippen molar-refractivity contribution in [2.75, 3.05) is 0 Å². The fourth-order valence-electron chi connectivity index (χ4n) is 6.87. The molecule has 7 aromatic rings. The van der Waals surface area contributed by atoms with E-state index in [1.165, 1.54) is 49.9 Å². The maximum Gasteiger partial charge on any atom is 0.143 e. The Morgan fingerprint density at radius 3 is 2.11 bits per heavy atom. The standard InChI is InChI=1S/C43H29NO/c1-2-9-28(10-3-1)32-20-21-37-40-27-39(36-13-6-7-14-38(36)43(40)45-42(37)26-32)31-18-16-30(17-19-31)34-23-33(29-11-4-5-12-29)24-35(25-34)41-15-8-22-44-41/h1-11,13-27,41H,12H2. The van der Waals surface area contributed by atoms with Crippen LogP contribution in [0.1, 0.15) is 23.6 Å². The third kappa shape index (κ3) is 4.46. The molecular weight excluding hydrogens is 546 g/mol. The van der Waals surface area contributed by atoms with Crippen molar-refractivity contribution in [2.45, 2.75) is 12.5 Å². The minimum absolute atomic E-state index is 0.0737. The number of benzene rings is 6. The van der Waals surface area contributed by atoms with Gasteiger partial charge in [0.15, 0.2) is 0 Å². The zero-order chi connectivity index (χ0) is 29.7. The number of fused-ring (bicyclic) bond motifs is 5. The third-order valence-electron chi connectivity index (χ3n) is 9.18. The Morgan fingerprint density at radius 1 is 0.556 bits per heavy atom. The highest BCUT2D eigenvalue weighted by Gasteiger charge is 2.17. The fourth-order valence-corrected chi connectivity index (χ4v) is 6.87. The summed E-state index contributed by atoms with van der Waals surface area (Å²) in [6.07, 6.45) is 13.7. The van der Waals surface area contributed by atoms with E-state index < -0.39 is 0 Å². The number of hydrogen-bond donors (Lipinski definition) is 0. The molecule has 0 saturated heterocycles. The molecule has 2 heterocycles. The first kappa shape index (κ1) is 25.7. The Labute approximate surface area is 262 Å². The molecule has 0 fully saturated rings. The molecule has 1 aliphatic heterocycles. The second-order valence-corrected chi connectivity index (χ2v) is 11.9. The maximum absolute atomic E-state index is 6.58. The highest BCUT2D eigenvalue weighted by molar-refractivity contribution is 6.19. The van der Waals surface area contributed by atoms with Crippen molar-refractivity contribution in [1.82, 2.24) is 0 Å². The van der Waals surface area contributed by atoms with Gasteiger partial charge in [-0.25, -0.2) is 0 Å². The Bertz CT molecular complexity index is 2370. The number of hydrogen-bond acceptors (Lipinski definition) is 2. The number of allylic oxidation sites excluding steroid dienone is 5. The molecule has 2 heteroatoms. The van der Waals surface area contributed by atoms with Gasteiger partial charge in [-0.1, -0.05) is 109 Å². The van der Waals surface area contributed by atoms with E-state index in [1.54, 1.807) is 0 Å². The van der Waals surface area contributed by atoms with Crippen LogP contribution in [0.5, 0.6) is 0 Å². The lowest BCUT2D eigenvalue weighted by atomic mass is 9.91. The summed E-state index contributed by atoms with van der Waals surface area (Å²) in [6.45, 7) is 0. The van der Waals surface area contributed by atoms with E-state index in [0.717, 1.165) is 39.3 Å². The van der Waals surface area contributed by atoms with Gasteiger partial charge in [0.25, 0.3) is 0 Å². The van der Waals surface area contributed by atoms with Crippen molar-refractivity contribution in [3.8, 4) is 33.4 Å². The lowest BCUT2D eigenvalue weighted by Crippen LogP contribution is -1.94. The van der Waals surface area contributed by atoms with E-state index in [0.29, 0.717) is 0 Å². The average Bonchev–Trinajstić information content (AvgIpc) is 3.90. The Kier molecular flexibility index (Phi) is 5.99. The maximum atomic E-state index is 6.58. The molecule has 45 heavy (non-hydrogen) atoms. The predicted octanol–water partition coefficient (Wildman–Crippen LogP) is 11.8. The Morgan fingerprint density at radius 2 is 1.31 bits per heavy atom. The largest absolute Gasteiger partial charge is 0.455 e. The molecule has 0 amide bonds. The quantitative estimate of drug-likeness (QED) is 0.200. The summed E-state index contributed by atoms with van der Waals surface area (Å²) in [4.78, 5) is 4.67. The zero-order valence-electron chi connectivity index (χ0n) is 24.7. The third-order valence-corrected chi connectivity index (χ3v) is 9.18. The summed E-state index contributed by atoms with van der Waals surface area (Å²) in [5.74, 6) is 0. The number of nitrogens with zero attached hydrogens (tertiary/aromatic N) is 1. The molecule has 0 bridgehead atoms. The van der Waals surface area contributed by atoms with E-state index in [2.05, 4.69) is 145 Å². The molecule has 0 N–H and O–H groups in total. The molecule has 0 radical (unpaired) electrons. The Hall–Kier alpha value is -5.73. The van der Waals surface area contributed by atoms with E-state index in [-0.39, 0.29) is 6.04 Å². The summed E-state index contributed by atoms with van der Waals surface area (Å²) >= 11 is 0.